The molecule has 0 spiro atoms. The predicted octanol–water partition coefficient (Wildman–Crippen LogP) is -0.510. The molecule has 0 saturated carbocycles. The van der Waals surface area contributed by atoms with E-state index in [9.17, 15) is 4.79 Å². The van der Waals surface area contributed by atoms with E-state index < -0.39 is 0 Å². The number of anilines is 3. The van der Waals surface area contributed by atoms with Crippen LogP contribution in [0.5, 0.6) is 0 Å². The van der Waals surface area contributed by atoms with Gasteiger partial charge in [0.15, 0.2) is 5.78 Å². The van der Waals surface area contributed by atoms with E-state index in [0.29, 0.717) is 24.7 Å². The van der Waals surface area contributed by atoms with E-state index in [1.807, 2.05) is 4.90 Å². The van der Waals surface area contributed by atoms with Crippen LogP contribution in [0.1, 0.15) is 0 Å². The standard InChI is InChI=1S/C8H11N5O/c1-10-6-2-7(12-8(9)11-6)13-3-5(14)4-13/h2H,3-4H2,1H3,(H3,9,10,11,12). The van der Waals surface area contributed by atoms with Crippen LogP contribution in [0.25, 0.3) is 0 Å². The van der Waals surface area contributed by atoms with Gasteiger partial charge in [-0.1, -0.05) is 0 Å². The van der Waals surface area contributed by atoms with Crippen LogP contribution in [0.3, 0.4) is 0 Å². The summed E-state index contributed by atoms with van der Waals surface area (Å²) < 4.78 is 0. The summed E-state index contributed by atoms with van der Waals surface area (Å²) in [5, 5.41) is 2.88. The molecule has 1 aliphatic rings. The van der Waals surface area contributed by atoms with Crippen molar-refractivity contribution in [1.29, 1.82) is 0 Å². The smallest absolute Gasteiger partial charge is 0.223 e. The van der Waals surface area contributed by atoms with Crippen molar-refractivity contribution in [2.75, 3.05) is 36.1 Å². The quantitative estimate of drug-likeness (QED) is 0.658. The molecule has 6 heteroatoms. The number of Topliss-reactive ketones (excluding diaryl/α,β-unsaturated/α-hetero) is 1. The molecular formula is C8H11N5O. The minimum Gasteiger partial charge on any atom is -0.373 e. The largest absolute Gasteiger partial charge is 0.373 e. The predicted molar refractivity (Wildman–Crippen MR) is 53.2 cm³/mol. The van der Waals surface area contributed by atoms with Crippen molar-refractivity contribution in [3.8, 4) is 0 Å². The highest BCUT2D eigenvalue weighted by molar-refractivity contribution is 5.95. The SMILES string of the molecule is CNc1cc(N2CC(=O)C2)nc(N)n1. The number of hydrogen-bond acceptors (Lipinski definition) is 6. The highest BCUT2D eigenvalue weighted by atomic mass is 16.1. The first kappa shape index (κ1) is 8.74. The summed E-state index contributed by atoms with van der Waals surface area (Å²) >= 11 is 0. The van der Waals surface area contributed by atoms with E-state index in [1.54, 1.807) is 13.1 Å². The number of nitrogen functional groups attached to an aromatic ring is 1. The molecule has 0 radical (unpaired) electrons. The zero-order valence-electron chi connectivity index (χ0n) is 7.82. The number of hydrogen-bond donors (Lipinski definition) is 2. The van der Waals surface area contributed by atoms with Gasteiger partial charge in [-0.2, -0.15) is 9.97 Å². The number of ketones is 1. The van der Waals surface area contributed by atoms with Crippen molar-refractivity contribution >= 4 is 23.4 Å². The third-order valence-corrected chi connectivity index (χ3v) is 2.04. The van der Waals surface area contributed by atoms with Crippen LogP contribution in [0, 0.1) is 0 Å². The van der Waals surface area contributed by atoms with E-state index in [-0.39, 0.29) is 11.7 Å². The van der Waals surface area contributed by atoms with Crippen molar-refractivity contribution in [2.45, 2.75) is 0 Å². The lowest BCUT2D eigenvalue weighted by atomic mass is 10.2. The van der Waals surface area contributed by atoms with Crippen molar-refractivity contribution in [1.82, 2.24) is 9.97 Å². The van der Waals surface area contributed by atoms with Crippen molar-refractivity contribution in [3.63, 3.8) is 0 Å². The molecule has 1 aromatic rings. The summed E-state index contributed by atoms with van der Waals surface area (Å²) in [4.78, 5) is 20.6. The van der Waals surface area contributed by atoms with Crippen LogP contribution in [0.2, 0.25) is 0 Å². The van der Waals surface area contributed by atoms with Gasteiger partial charge < -0.3 is 16.0 Å². The topological polar surface area (TPSA) is 84.1 Å². The number of nitrogens with two attached hydrogens (primary N) is 1. The first-order valence-electron chi connectivity index (χ1n) is 4.28. The molecule has 1 aliphatic heterocycles. The van der Waals surface area contributed by atoms with Crippen LogP contribution < -0.4 is 16.0 Å². The minimum atomic E-state index is 0.214. The van der Waals surface area contributed by atoms with Crippen LogP contribution in [-0.4, -0.2) is 35.9 Å². The molecule has 6 nitrogen and oxygen atoms in total. The number of rotatable bonds is 2. The zero-order chi connectivity index (χ0) is 10.1. The number of carbonyl (C=O) groups excluding carboxylic acids is 1. The molecule has 0 bridgehead atoms. The Bertz CT molecular complexity index is 370. The van der Waals surface area contributed by atoms with Gasteiger partial charge in [-0.25, -0.2) is 0 Å². The van der Waals surface area contributed by atoms with E-state index in [4.69, 9.17) is 5.73 Å². The third kappa shape index (κ3) is 1.46. The third-order valence-electron chi connectivity index (χ3n) is 2.04. The summed E-state index contributed by atoms with van der Waals surface area (Å²) in [7, 11) is 1.76. The minimum absolute atomic E-state index is 0.214. The van der Waals surface area contributed by atoms with Crippen molar-refractivity contribution < 1.29 is 4.79 Å². The maximum atomic E-state index is 10.8. The lowest BCUT2D eigenvalue weighted by Gasteiger charge is -2.30. The highest BCUT2D eigenvalue weighted by Crippen LogP contribution is 2.19. The molecule has 2 rings (SSSR count). The average molecular weight is 193 g/mol. The van der Waals surface area contributed by atoms with E-state index in [0.717, 1.165) is 0 Å². The van der Waals surface area contributed by atoms with Crippen molar-refractivity contribution in [2.24, 2.45) is 0 Å². The monoisotopic (exact) mass is 193 g/mol. The average Bonchev–Trinajstić information content (AvgIpc) is 2.12. The van der Waals surface area contributed by atoms with Crippen LogP contribution in [-0.2, 0) is 4.79 Å². The second-order valence-electron chi connectivity index (χ2n) is 3.11. The summed E-state index contributed by atoms with van der Waals surface area (Å²) in [5.74, 6) is 1.78. The number of nitrogens with one attached hydrogen (secondary N) is 1. The molecule has 0 unspecified atom stereocenters. The van der Waals surface area contributed by atoms with Crippen LogP contribution >= 0.6 is 0 Å². The summed E-state index contributed by atoms with van der Waals surface area (Å²) in [6.45, 7) is 0.833. The first-order valence-corrected chi connectivity index (χ1v) is 4.28. The highest BCUT2D eigenvalue weighted by Gasteiger charge is 2.25. The zero-order valence-corrected chi connectivity index (χ0v) is 7.82. The van der Waals surface area contributed by atoms with Crippen LogP contribution in [0.4, 0.5) is 17.6 Å². The number of carbonyl (C=O) groups is 1. The first-order chi connectivity index (χ1) is 6.69. The maximum absolute atomic E-state index is 10.8. The Balaban J connectivity index is 2.25. The van der Waals surface area contributed by atoms with Gasteiger partial charge in [0.1, 0.15) is 11.6 Å². The molecular weight excluding hydrogens is 182 g/mol. The van der Waals surface area contributed by atoms with Gasteiger partial charge in [-0.3, -0.25) is 4.79 Å². The van der Waals surface area contributed by atoms with E-state index in [1.165, 1.54) is 0 Å². The van der Waals surface area contributed by atoms with Gasteiger partial charge >= 0.3 is 0 Å². The van der Waals surface area contributed by atoms with Gasteiger partial charge in [0.05, 0.1) is 13.1 Å². The number of nitrogens with zero attached hydrogens (tertiary/aromatic N) is 3. The van der Waals surface area contributed by atoms with Gasteiger partial charge in [0, 0.05) is 13.1 Å². The van der Waals surface area contributed by atoms with Gasteiger partial charge in [-0.05, 0) is 0 Å². The molecule has 2 heterocycles. The molecule has 0 atom stereocenters. The van der Waals surface area contributed by atoms with Gasteiger partial charge in [0.2, 0.25) is 5.95 Å². The van der Waals surface area contributed by atoms with E-state index in [2.05, 4.69) is 15.3 Å². The lowest BCUT2D eigenvalue weighted by molar-refractivity contribution is -0.119. The molecule has 3 N–H and O–H groups in total. The molecule has 1 saturated heterocycles. The summed E-state index contributed by atoms with van der Waals surface area (Å²) in [6, 6.07) is 1.77. The van der Waals surface area contributed by atoms with Gasteiger partial charge in [-0.15, -0.1) is 0 Å². The number of aromatic nitrogens is 2. The molecule has 14 heavy (non-hydrogen) atoms. The van der Waals surface area contributed by atoms with E-state index >= 15 is 0 Å². The fourth-order valence-corrected chi connectivity index (χ4v) is 1.28. The summed E-state index contributed by atoms with van der Waals surface area (Å²) in [6.07, 6.45) is 0. The molecule has 0 amide bonds. The second kappa shape index (κ2) is 3.13. The molecule has 0 aliphatic carbocycles. The van der Waals surface area contributed by atoms with Crippen LogP contribution in [0.15, 0.2) is 6.07 Å². The Morgan fingerprint density at radius 2 is 2.21 bits per heavy atom. The Labute approximate surface area is 81.1 Å². The Morgan fingerprint density at radius 3 is 2.79 bits per heavy atom. The maximum Gasteiger partial charge on any atom is 0.223 e. The Hall–Kier alpha value is -1.85. The Kier molecular flexibility index (Phi) is 1.95. The molecule has 1 fully saturated rings. The summed E-state index contributed by atoms with van der Waals surface area (Å²) in [5.41, 5.74) is 5.51. The second-order valence-corrected chi connectivity index (χ2v) is 3.11. The molecule has 1 aromatic heterocycles. The fraction of sp³-hybridized carbons (Fsp3) is 0.375. The lowest BCUT2D eigenvalue weighted by Crippen LogP contribution is -2.47. The Morgan fingerprint density at radius 1 is 1.50 bits per heavy atom. The molecule has 74 valence electrons. The van der Waals surface area contributed by atoms with Crippen molar-refractivity contribution in [3.05, 3.63) is 6.07 Å². The fourth-order valence-electron chi connectivity index (χ4n) is 1.28. The normalized spacial score (nSPS) is 15.2. The molecule has 0 aromatic carbocycles. The van der Waals surface area contributed by atoms with Gasteiger partial charge in [0.25, 0.3) is 0 Å².